The minimum atomic E-state index is -0.711. The summed E-state index contributed by atoms with van der Waals surface area (Å²) in [5, 5.41) is 14.4. The van der Waals surface area contributed by atoms with Gasteiger partial charge in [0.25, 0.3) is 0 Å². The molecule has 0 aliphatic carbocycles. The summed E-state index contributed by atoms with van der Waals surface area (Å²) < 4.78 is 12.4. The van der Waals surface area contributed by atoms with Crippen LogP contribution in [0.15, 0.2) is 6.20 Å². The molecule has 5 nitrogen and oxygen atoms in total. The van der Waals surface area contributed by atoms with Gasteiger partial charge in [-0.3, -0.25) is 4.68 Å². The topological polar surface area (TPSA) is 56.5 Å². The van der Waals surface area contributed by atoms with Crippen molar-refractivity contribution >= 4 is 0 Å². The van der Waals surface area contributed by atoms with E-state index in [2.05, 4.69) is 12.0 Å². The molecule has 0 aromatic carbocycles. The van der Waals surface area contributed by atoms with Gasteiger partial charge < -0.3 is 14.6 Å². The molecule has 17 heavy (non-hydrogen) atoms. The molecule has 1 aromatic heterocycles. The Morgan fingerprint density at radius 3 is 2.71 bits per heavy atom. The van der Waals surface area contributed by atoms with E-state index in [0.717, 1.165) is 12.8 Å². The second-order valence-electron chi connectivity index (χ2n) is 3.95. The Hall–Kier alpha value is -1.07. The van der Waals surface area contributed by atoms with Gasteiger partial charge in [-0.25, -0.2) is 0 Å². The summed E-state index contributed by atoms with van der Waals surface area (Å²) in [6.07, 6.45) is 2.45. The Labute approximate surface area is 102 Å². The lowest BCUT2D eigenvalue weighted by atomic mass is 10.1. The van der Waals surface area contributed by atoms with Crippen molar-refractivity contribution in [1.29, 1.82) is 0 Å². The van der Waals surface area contributed by atoms with E-state index in [9.17, 15) is 5.11 Å². The first-order chi connectivity index (χ1) is 8.15. The molecule has 0 spiro atoms. The van der Waals surface area contributed by atoms with Crippen LogP contribution in [-0.2, 0) is 11.8 Å². The van der Waals surface area contributed by atoms with Crippen LogP contribution >= 0.6 is 0 Å². The summed E-state index contributed by atoms with van der Waals surface area (Å²) in [6, 6.07) is 0. The molecule has 1 rings (SSSR count). The number of nitrogens with zero attached hydrogens (tertiary/aromatic N) is 2. The van der Waals surface area contributed by atoms with Gasteiger partial charge in [0.15, 0.2) is 5.75 Å². The maximum absolute atomic E-state index is 10.4. The van der Waals surface area contributed by atoms with Gasteiger partial charge in [0, 0.05) is 13.7 Å². The van der Waals surface area contributed by atoms with E-state index in [1.165, 1.54) is 0 Å². The van der Waals surface area contributed by atoms with Crippen molar-refractivity contribution in [2.24, 2.45) is 7.05 Å². The Morgan fingerprint density at radius 1 is 1.47 bits per heavy atom. The molecule has 1 heterocycles. The highest BCUT2D eigenvalue weighted by Gasteiger charge is 2.26. The lowest BCUT2D eigenvalue weighted by molar-refractivity contribution is -0.0424. The Balaban J connectivity index is 2.90. The van der Waals surface area contributed by atoms with E-state index in [-0.39, 0.29) is 6.10 Å². The fourth-order valence-electron chi connectivity index (χ4n) is 1.93. The van der Waals surface area contributed by atoms with Gasteiger partial charge in [-0.2, -0.15) is 5.10 Å². The Bertz CT molecular complexity index is 332. The zero-order valence-corrected chi connectivity index (χ0v) is 11.0. The Morgan fingerprint density at radius 2 is 2.18 bits per heavy atom. The van der Waals surface area contributed by atoms with E-state index in [0.29, 0.717) is 18.1 Å². The maximum Gasteiger partial charge on any atom is 0.162 e. The quantitative estimate of drug-likeness (QED) is 0.790. The number of hydrogen-bond donors (Lipinski definition) is 1. The summed E-state index contributed by atoms with van der Waals surface area (Å²) >= 11 is 0. The fraction of sp³-hybridized carbons (Fsp3) is 0.750. The molecule has 1 N–H and O–H groups in total. The van der Waals surface area contributed by atoms with E-state index < -0.39 is 6.10 Å². The molecule has 0 fully saturated rings. The third kappa shape index (κ3) is 3.20. The smallest absolute Gasteiger partial charge is 0.162 e. The minimum Gasteiger partial charge on any atom is -0.493 e. The highest BCUT2D eigenvalue weighted by atomic mass is 16.5. The molecular weight excluding hydrogens is 220 g/mol. The molecule has 0 aliphatic rings. The Kier molecular flexibility index (Phi) is 5.44. The zero-order chi connectivity index (χ0) is 12.8. The highest BCUT2D eigenvalue weighted by Crippen LogP contribution is 2.29. The van der Waals surface area contributed by atoms with Gasteiger partial charge in [-0.1, -0.05) is 13.3 Å². The van der Waals surface area contributed by atoms with Gasteiger partial charge in [-0.05, 0) is 13.3 Å². The molecule has 0 amide bonds. The van der Waals surface area contributed by atoms with Crippen molar-refractivity contribution in [3.05, 3.63) is 11.9 Å². The van der Waals surface area contributed by atoms with Gasteiger partial charge in [0.05, 0.1) is 19.4 Å². The van der Waals surface area contributed by atoms with Crippen molar-refractivity contribution in [2.45, 2.75) is 38.9 Å². The largest absolute Gasteiger partial charge is 0.493 e. The number of hydrogen-bond acceptors (Lipinski definition) is 4. The summed E-state index contributed by atoms with van der Waals surface area (Å²) in [6.45, 7) is 4.58. The van der Waals surface area contributed by atoms with Gasteiger partial charge >= 0.3 is 0 Å². The van der Waals surface area contributed by atoms with E-state index in [4.69, 9.17) is 9.47 Å². The number of aliphatic hydroxyl groups is 1. The molecule has 2 atom stereocenters. The van der Waals surface area contributed by atoms with Crippen LogP contribution in [0.1, 0.15) is 38.5 Å². The van der Waals surface area contributed by atoms with Crippen LogP contribution in [0, 0.1) is 0 Å². The van der Waals surface area contributed by atoms with E-state index in [1.54, 1.807) is 25.0 Å². The van der Waals surface area contributed by atoms with Crippen LogP contribution in [0.4, 0.5) is 0 Å². The van der Waals surface area contributed by atoms with Crippen molar-refractivity contribution in [2.75, 3.05) is 13.7 Å². The van der Waals surface area contributed by atoms with Crippen LogP contribution in [0.25, 0.3) is 0 Å². The van der Waals surface area contributed by atoms with Crippen molar-refractivity contribution in [3.8, 4) is 5.75 Å². The van der Waals surface area contributed by atoms with Gasteiger partial charge in [0.1, 0.15) is 11.8 Å². The summed E-state index contributed by atoms with van der Waals surface area (Å²) in [5.74, 6) is 0.598. The summed E-state index contributed by atoms with van der Waals surface area (Å²) in [5.41, 5.74) is 0.666. The van der Waals surface area contributed by atoms with Crippen LogP contribution in [0.5, 0.6) is 5.75 Å². The van der Waals surface area contributed by atoms with Crippen LogP contribution in [0.2, 0.25) is 0 Å². The fourth-order valence-corrected chi connectivity index (χ4v) is 1.93. The first-order valence-corrected chi connectivity index (χ1v) is 6.01. The minimum absolute atomic E-state index is 0.214. The van der Waals surface area contributed by atoms with Crippen LogP contribution in [-0.4, -0.2) is 34.7 Å². The first-order valence-electron chi connectivity index (χ1n) is 6.01. The number of aliphatic hydroxyl groups excluding tert-OH is 1. The number of aryl methyl sites for hydroxylation is 1. The zero-order valence-electron chi connectivity index (χ0n) is 11.0. The van der Waals surface area contributed by atoms with Crippen LogP contribution in [0.3, 0.4) is 0 Å². The normalized spacial score (nSPS) is 14.6. The van der Waals surface area contributed by atoms with Crippen molar-refractivity contribution in [1.82, 2.24) is 9.78 Å². The highest BCUT2D eigenvalue weighted by molar-refractivity contribution is 5.27. The molecular formula is C12H22N2O3. The third-order valence-corrected chi connectivity index (χ3v) is 2.76. The van der Waals surface area contributed by atoms with Crippen LogP contribution < -0.4 is 4.74 Å². The van der Waals surface area contributed by atoms with Gasteiger partial charge in [0.2, 0.25) is 0 Å². The van der Waals surface area contributed by atoms with Gasteiger partial charge in [-0.15, -0.1) is 0 Å². The number of ether oxygens (including phenoxy) is 2. The molecule has 1 aromatic rings. The summed E-state index contributed by atoms with van der Waals surface area (Å²) in [7, 11) is 3.36. The van der Waals surface area contributed by atoms with E-state index in [1.807, 2.05) is 6.92 Å². The lowest BCUT2D eigenvalue weighted by Gasteiger charge is -2.23. The molecule has 0 aliphatic heterocycles. The van der Waals surface area contributed by atoms with Crippen molar-refractivity contribution < 1.29 is 14.6 Å². The molecule has 98 valence electrons. The maximum atomic E-state index is 10.4. The SMILES string of the molecule is CCCC(OCC)C(O)c1c(OC)cnn1C. The number of rotatable bonds is 7. The van der Waals surface area contributed by atoms with Crippen molar-refractivity contribution in [3.63, 3.8) is 0 Å². The standard InChI is InChI=1S/C12H22N2O3/c1-5-7-9(17-6-2)12(15)11-10(16-4)8-13-14(11)3/h8-9,12,15H,5-7H2,1-4H3. The molecule has 5 heteroatoms. The monoisotopic (exact) mass is 242 g/mol. The lowest BCUT2D eigenvalue weighted by Crippen LogP contribution is -2.24. The van der Waals surface area contributed by atoms with E-state index >= 15 is 0 Å². The third-order valence-electron chi connectivity index (χ3n) is 2.76. The number of aromatic nitrogens is 2. The average molecular weight is 242 g/mol. The average Bonchev–Trinajstić information content (AvgIpc) is 2.69. The predicted octanol–water partition coefficient (Wildman–Crippen LogP) is 1.67. The number of methoxy groups -OCH3 is 1. The molecule has 2 unspecified atom stereocenters. The summed E-state index contributed by atoms with van der Waals surface area (Å²) in [4.78, 5) is 0. The predicted molar refractivity (Wildman–Crippen MR) is 65.0 cm³/mol. The second kappa shape index (κ2) is 6.61. The second-order valence-corrected chi connectivity index (χ2v) is 3.95. The first kappa shape index (κ1) is 14.0. The molecule has 0 radical (unpaired) electrons. The molecule has 0 saturated heterocycles. The molecule has 0 saturated carbocycles. The molecule has 0 bridgehead atoms.